The zero-order chi connectivity index (χ0) is 12.5. The van der Waals surface area contributed by atoms with Crippen molar-refractivity contribution in [2.45, 2.75) is 26.0 Å². The lowest BCUT2D eigenvalue weighted by atomic mass is 9.99. The van der Waals surface area contributed by atoms with Crippen molar-refractivity contribution in [3.05, 3.63) is 53.6 Å². The summed E-state index contributed by atoms with van der Waals surface area (Å²) in [6, 6.07) is 14.8. The van der Waals surface area contributed by atoms with Crippen molar-refractivity contribution in [2.24, 2.45) is 5.73 Å². The third-order valence-electron chi connectivity index (χ3n) is 3.39. The molecule has 1 aliphatic heterocycles. The van der Waals surface area contributed by atoms with Gasteiger partial charge in [0.1, 0.15) is 11.9 Å². The fourth-order valence-corrected chi connectivity index (χ4v) is 2.48. The average Bonchev–Trinajstić information content (AvgIpc) is 2.77. The lowest BCUT2D eigenvalue weighted by molar-refractivity contribution is 0.254. The molecule has 1 unspecified atom stereocenters. The molecule has 18 heavy (non-hydrogen) atoms. The quantitative estimate of drug-likeness (QED) is 0.873. The van der Waals surface area contributed by atoms with E-state index in [-0.39, 0.29) is 0 Å². The van der Waals surface area contributed by atoms with Crippen LogP contribution in [0.3, 0.4) is 0 Å². The highest BCUT2D eigenvalue weighted by molar-refractivity contribution is 5.66. The Balaban J connectivity index is 2.00. The van der Waals surface area contributed by atoms with E-state index in [2.05, 4.69) is 49.4 Å². The third kappa shape index (κ3) is 2.00. The Morgan fingerprint density at radius 2 is 2.00 bits per heavy atom. The molecule has 2 aromatic carbocycles. The summed E-state index contributed by atoms with van der Waals surface area (Å²) in [5.41, 5.74) is 10.6. The van der Waals surface area contributed by atoms with Crippen LogP contribution in [0.25, 0.3) is 11.1 Å². The molecule has 0 saturated carbocycles. The van der Waals surface area contributed by atoms with Crippen LogP contribution in [0.4, 0.5) is 0 Å². The second-order valence-corrected chi connectivity index (χ2v) is 4.86. The van der Waals surface area contributed by atoms with E-state index in [4.69, 9.17) is 10.5 Å². The van der Waals surface area contributed by atoms with Crippen LogP contribution in [0.5, 0.6) is 5.75 Å². The van der Waals surface area contributed by atoms with Crippen LogP contribution in [0.15, 0.2) is 42.5 Å². The zero-order valence-electron chi connectivity index (χ0n) is 10.5. The number of rotatable bonds is 2. The highest BCUT2D eigenvalue weighted by atomic mass is 16.5. The maximum atomic E-state index is 5.72. The Labute approximate surface area is 107 Å². The molecule has 0 saturated heterocycles. The molecule has 2 heteroatoms. The van der Waals surface area contributed by atoms with Gasteiger partial charge in [-0.3, -0.25) is 0 Å². The number of ether oxygens (including phenoxy) is 1. The summed E-state index contributed by atoms with van der Waals surface area (Å²) < 4.78 is 5.72. The molecule has 3 rings (SSSR count). The topological polar surface area (TPSA) is 35.2 Å². The predicted molar refractivity (Wildman–Crippen MR) is 73.6 cm³/mol. The number of hydrogen-bond acceptors (Lipinski definition) is 2. The Kier molecular flexibility index (Phi) is 2.80. The molecule has 2 N–H and O–H groups in total. The van der Waals surface area contributed by atoms with Gasteiger partial charge in [-0.05, 0) is 47.4 Å². The highest BCUT2D eigenvalue weighted by Crippen LogP contribution is 2.32. The van der Waals surface area contributed by atoms with E-state index < -0.39 is 0 Å². The van der Waals surface area contributed by atoms with Crippen LogP contribution in [0.1, 0.15) is 18.1 Å². The summed E-state index contributed by atoms with van der Waals surface area (Å²) >= 11 is 0. The first-order chi connectivity index (χ1) is 8.76. The molecule has 1 atom stereocenters. The number of nitrogens with two attached hydrogens (primary N) is 1. The first-order valence-electron chi connectivity index (χ1n) is 6.35. The van der Waals surface area contributed by atoms with E-state index in [1.54, 1.807) is 0 Å². The van der Waals surface area contributed by atoms with Crippen LogP contribution >= 0.6 is 0 Å². The average molecular weight is 239 g/mol. The van der Waals surface area contributed by atoms with Gasteiger partial charge in [-0.15, -0.1) is 0 Å². The van der Waals surface area contributed by atoms with Crippen molar-refractivity contribution >= 4 is 0 Å². The van der Waals surface area contributed by atoms with Crippen LogP contribution in [-0.4, -0.2) is 6.10 Å². The predicted octanol–water partition coefficient (Wildman–Crippen LogP) is 3.14. The molecule has 1 heterocycles. The van der Waals surface area contributed by atoms with Crippen molar-refractivity contribution in [3.63, 3.8) is 0 Å². The molecular weight excluding hydrogens is 222 g/mol. The molecule has 0 radical (unpaired) electrons. The fraction of sp³-hybridized carbons (Fsp3) is 0.250. The number of benzene rings is 2. The van der Waals surface area contributed by atoms with Crippen molar-refractivity contribution in [1.29, 1.82) is 0 Å². The normalized spacial score (nSPS) is 17.3. The summed E-state index contributed by atoms with van der Waals surface area (Å²) in [5, 5.41) is 0. The van der Waals surface area contributed by atoms with E-state index in [1.807, 2.05) is 0 Å². The van der Waals surface area contributed by atoms with Crippen LogP contribution in [0.2, 0.25) is 0 Å². The van der Waals surface area contributed by atoms with E-state index in [1.165, 1.54) is 16.7 Å². The van der Waals surface area contributed by atoms with Crippen LogP contribution in [-0.2, 0) is 13.0 Å². The summed E-state index contributed by atoms with van der Waals surface area (Å²) in [5.74, 6) is 1.03. The molecule has 0 amide bonds. The number of hydrogen-bond donors (Lipinski definition) is 1. The van der Waals surface area contributed by atoms with E-state index >= 15 is 0 Å². The molecule has 1 aliphatic rings. The van der Waals surface area contributed by atoms with Gasteiger partial charge in [-0.1, -0.05) is 24.3 Å². The first kappa shape index (κ1) is 11.3. The van der Waals surface area contributed by atoms with Gasteiger partial charge < -0.3 is 10.5 Å². The van der Waals surface area contributed by atoms with Gasteiger partial charge in [0, 0.05) is 13.0 Å². The van der Waals surface area contributed by atoms with E-state index in [0.717, 1.165) is 17.7 Å². The minimum absolute atomic E-state index is 0.297. The first-order valence-corrected chi connectivity index (χ1v) is 6.35. The van der Waals surface area contributed by atoms with Gasteiger partial charge in [-0.2, -0.15) is 0 Å². The fourth-order valence-electron chi connectivity index (χ4n) is 2.48. The lowest BCUT2D eigenvalue weighted by Gasteiger charge is -2.06. The maximum absolute atomic E-state index is 5.72. The SMILES string of the molecule is CC1Cc2cc(-c3cccc(CN)c3)ccc2O1. The van der Waals surface area contributed by atoms with Gasteiger partial charge in [0.25, 0.3) is 0 Å². The third-order valence-corrected chi connectivity index (χ3v) is 3.39. The van der Waals surface area contributed by atoms with Crippen molar-refractivity contribution in [2.75, 3.05) is 0 Å². The standard InChI is InChI=1S/C16H17NO/c1-11-7-15-9-14(5-6-16(15)18-11)13-4-2-3-12(8-13)10-17/h2-6,8-9,11H,7,10,17H2,1H3. The molecule has 0 aromatic heterocycles. The summed E-state index contributed by atoms with van der Waals surface area (Å²) in [4.78, 5) is 0. The Morgan fingerprint density at radius 1 is 1.17 bits per heavy atom. The smallest absolute Gasteiger partial charge is 0.123 e. The molecule has 92 valence electrons. The van der Waals surface area contributed by atoms with Crippen molar-refractivity contribution < 1.29 is 4.74 Å². The second kappa shape index (κ2) is 4.46. The monoisotopic (exact) mass is 239 g/mol. The highest BCUT2D eigenvalue weighted by Gasteiger charge is 2.19. The zero-order valence-corrected chi connectivity index (χ0v) is 10.5. The van der Waals surface area contributed by atoms with E-state index in [0.29, 0.717) is 12.6 Å². The maximum Gasteiger partial charge on any atom is 0.123 e. The van der Waals surface area contributed by atoms with Gasteiger partial charge in [-0.25, -0.2) is 0 Å². The number of fused-ring (bicyclic) bond motifs is 1. The van der Waals surface area contributed by atoms with Crippen molar-refractivity contribution in [1.82, 2.24) is 0 Å². The van der Waals surface area contributed by atoms with Gasteiger partial charge in [0.05, 0.1) is 0 Å². The Morgan fingerprint density at radius 3 is 2.83 bits per heavy atom. The summed E-state index contributed by atoms with van der Waals surface area (Å²) in [6.07, 6.45) is 1.30. The Bertz CT molecular complexity index is 577. The second-order valence-electron chi connectivity index (χ2n) is 4.86. The molecule has 0 fully saturated rings. The minimum atomic E-state index is 0.297. The largest absolute Gasteiger partial charge is 0.490 e. The van der Waals surface area contributed by atoms with Gasteiger partial charge >= 0.3 is 0 Å². The van der Waals surface area contributed by atoms with Crippen LogP contribution in [0, 0.1) is 0 Å². The summed E-state index contributed by atoms with van der Waals surface area (Å²) in [7, 11) is 0. The molecular formula is C16H17NO. The molecule has 0 aliphatic carbocycles. The lowest BCUT2D eigenvalue weighted by Crippen LogP contribution is -2.05. The molecule has 2 nitrogen and oxygen atoms in total. The van der Waals surface area contributed by atoms with E-state index in [9.17, 15) is 0 Å². The molecule has 0 bridgehead atoms. The minimum Gasteiger partial charge on any atom is -0.490 e. The Hall–Kier alpha value is -1.80. The van der Waals surface area contributed by atoms with Crippen LogP contribution < -0.4 is 10.5 Å². The summed E-state index contributed by atoms with van der Waals surface area (Å²) in [6.45, 7) is 2.69. The van der Waals surface area contributed by atoms with Gasteiger partial charge in [0.15, 0.2) is 0 Å². The molecule has 2 aromatic rings. The van der Waals surface area contributed by atoms with Gasteiger partial charge in [0.2, 0.25) is 0 Å². The van der Waals surface area contributed by atoms with Crippen molar-refractivity contribution in [3.8, 4) is 16.9 Å². The molecule has 0 spiro atoms.